The van der Waals surface area contributed by atoms with Gasteiger partial charge in [0, 0.05) is 11.1 Å². The van der Waals surface area contributed by atoms with Crippen LogP contribution in [0.15, 0.2) is 103 Å². The number of hydrogen-bond acceptors (Lipinski definition) is 6. The summed E-state index contributed by atoms with van der Waals surface area (Å²) in [7, 11) is 1.59. The number of aliphatic hydroxyl groups excluding tert-OH is 1. The first-order valence-corrected chi connectivity index (χ1v) is 11.8. The smallest absolute Gasteiger partial charge is 0.150 e. The standard InChI is InChI=1S/C31H28O6/c1-35-29-15-17-30(18-16-29)36-21-28(34)22-37-31(25-5-3-2-4-6-25,26-11-7-23(19-32)8-12-26)27-13-9-24(20-33)10-14-27/h2-20,28,34H,21-22H2,1H3. The molecule has 0 aliphatic rings. The Kier molecular flexibility index (Phi) is 8.46. The maximum absolute atomic E-state index is 11.3. The van der Waals surface area contributed by atoms with Gasteiger partial charge in [-0.1, -0.05) is 78.9 Å². The highest BCUT2D eigenvalue weighted by Crippen LogP contribution is 2.40. The monoisotopic (exact) mass is 496 g/mol. The first-order valence-electron chi connectivity index (χ1n) is 11.8. The minimum Gasteiger partial charge on any atom is -0.497 e. The van der Waals surface area contributed by atoms with Crippen molar-refractivity contribution in [1.29, 1.82) is 0 Å². The van der Waals surface area contributed by atoms with Gasteiger partial charge in [-0.05, 0) is 41.0 Å². The van der Waals surface area contributed by atoms with Crippen molar-refractivity contribution in [2.45, 2.75) is 11.7 Å². The second kappa shape index (κ2) is 12.1. The van der Waals surface area contributed by atoms with Gasteiger partial charge >= 0.3 is 0 Å². The van der Waals surface area contributed by atoms with Gasteiger partial charge in [-0.25, -0.2) is 0 Å². The lowest BCUT2D eigenvalue weighted by molar-refractivity contribution is -0.0494. The molecule has 0 spiro atoms. The van der Waals surface area contributed by atoms with E-state index in [1.807, 2.05) is 54.6 Å². The molecule has 6 heteroatoms. The molecule has 4 aromatic carbocycles. The van der Waals surface area contributed by atoms with Crippen LogP contribution in [0.5, 0.6) is 11.5 Å². The van der Waals surface area contributed by atoms with Gasteiger partial charge in [0.05, 0.1) is 13.7 Å². The van der Waals surface area contributed by atoms with E-state index in [-0.39, 0.29) is 13.2 Å². The maximum atomic E-state index is 11.3. The molecular formula is C31H28O6. The fourth-order valence-corrected chi connectivity index (χ4v) is 4.15. The molecule has 1 N–H and O–H groups in total. The summed E-state index contributed by atoms with van der Waals surface area (Å²) in [4.78, 5) is 22.6. The molecule has 0 fully saturated rings. The third-order valence-corrected chi connectivity index (χ3v) is 6.08. The van der Waals surface area contributed by atoms with Gasteiger partial charge in [0.1, 0.15) is 42.4 Å². The molecule has 1 atom stereocenters. The van der Waals surface area contributed by atoms with Crippen molar-refractivity contribution < 1.29 is 28.9 Å². The quantitative estimate of drug-likeness (QED) is 0.218. The molecule has 0 radical (unpaired) electrons. The van der Waals surface area contributed by atoms with E-state index in [0.717, 1.165) is 29.3 Å². The predicted molar refractivity (Wildman–Crippen MR) is 140 cm³/mol. The van der Waals surface area contributed by atoms with E-state index in [1.165, 1.54) is 0 Å². The van der Waals surface area contributed by atoms with Crippen LogP contribution in [0.25, 0.3) is 0 Å². The molecule has 4 rings (SSSR count). The molecule has 0 aliphatic heterocycles. The highest BCUT2D eigenvalue weighted by atomic mass is 16.5. The minimum atomic E-state index is -1.12. The lowest BCUT2D eigenvalue weighted by Gasteiger charge is -2.36. The van der Waals surface area contributed by atoms with Crippen LogP contribution in [0.3, 0.4) is 0 Å². The molecule has 0 bridgehead atoms. The van der Waals surface area contributed by atoms with Crippen LogP contribution in [-0.2, 0) is 10.3 Å². The second-order valence-electron chi connectivity index (χ2n) is 8.48. The van der Waals surface area contributed by atoms with Gasteiger partial charge in [-0.2, -0.15) is 0 Å². The summed E-state index contributed by atoms with van der Waals surface area (Å²) in [5.41, 5.74) is 2.32. The van der Waals surface area contributed by atoms with Gasteiger partial charge in [0.2, 0.25) is 0 Å². The second-order valence-corrected chi connectivity index (χ2v) is 8.48. The van der Waals surface area contributed by atoms with Crippen LogP contribution in [0.2, 0.25) is 0 Å². The molecule has 0 amide bonds. The zero-order valence-corrected chi connectivity index (χ0v) is 20.4. The molecular weight excluding hydrogens is 468 g/mol. The van der Waals surface area contributed by atoms with Crippen molar-refractivity contribution in [3.8, 4) is 11.5 Å². The number of aldehydes is 2. The van der Waals surface area contributed by atoms with E-state index in [4.69, 9.17) is 14.2 Å². The molecule has 188 valence electrons. The molecule has 4 aromatic rings. The Bertz CT molecular complexity index is 1230. The molecule has 0 saturated heterocycles. The van der Waals surface area contributed by atoms with Crippen molar-refractivity contribution in [2.75, 3.05) is 20.3 Å². The van der Waals surface area contributed by atoms with E-state index in [0.29, 0.717) is 22.6 Å². The summed E-state index contributed by atoms with van der Waals surface area (Å²) in [5.74, 6) is 1.31. The Hall–Kier alpha value is -4.26. The number of rotatable bonds is 12. The highest BCUT2D eigenvalue weighted by molar-refractivity contribution is 5.75. The summed E-state index contributed by atoms with van der Waals surface area (Å²) in [6, 6.07) is 31.0. The molecule has 0 heterocycles. The number of methoxy groups -OCH3 is 1. The Morgan fingerprint density at radius 1 is 0.676 bits per heavy atom. The number of benzene rings is 4. The largest absolute Gasteiger partial charge is 0.497 e. The number of hydrogen-bond donors (Lipinski definition) is 1. The van der Waals surface area contributed by atoms with Crippen molar-refractivity contribution in [3.05, 3.63) is 131 Å². The number of carbonyl (C=O) groups excluding carboxylic acids is 2. The SMILES string of the molecule is COc1ccc(OCC(O)COC(c2ccccc2)(c2ccc(C=O)cc2)c2ccc(C=O)cc2)cc1. The summed E-state index contributed by atoms with van der Waals surface area (Å²) < 4.78 is 17.5. The van der Waals surface area contributed by atoms with E-state index < -0.39 is 11.7 Å². The molecule has 6 nitrogen and oxygen atoms in total. The molecule has 0 aromatic heterocycles. The third-order valence-electron chi connectivity index (χ3n) is 6.08. The molecule has 37 heavy (non-hydrogen) atoms. The summed E-state index contributed by atoms with van der Waals surface area (Å²) in [6.07, 6.45) is 0.635. The zero-order valence-electron chi connectivity index (χ0n) is 20.4. The summed E-state index contributed by atoms with van der Waals surface area (Å²) in [6.45, 7) is -0.0265. The molecule has 0 aliphatic carbocycles. The van der Waals surface area contributed by atoms with Crippen LogP contribution in [0.4, 0.5) is 0 Å². The van der Waals surface area contributed by atoms with Gasteiger partial charge in [0.15, 0.2) is 0 Å². The van der Waals surface area contributed by atoms with Crippen LogP contribution < -0.4 is 9.47 Å². The maximum Gasteiger partial charge on any atom is 0.150 e. The highest BCUT2D eigenvalue weighted by Gasteiger charge is 2.38. The predicted octanol–water partition coefficient (Wildman–Crippen LogP) is 5.07. The van der Waals surface area contributed by atoms with Gasteiger partial charge in [0.25, 0.3) is 0 Å². The Morgan fingerprint density at radius 2 is 1.16 bits per heavy atom. The Labute approximate surface area is 216 Å². The van der Waals surface area contributed by atoms with E-state index in [1.54, 1.807) is 55.6 Å². The van der Waals surface area contributed by atoms with E-state index >= 15 is 0 Å². The van der Waals surface area contributed by atoms with Crippen molar-refractivity contribution >= 4 is 12.6 Å². The van der Waals surface area contributed by atoms with Crippen molar-refractivity contribution in [1.82, 2.24) is 0 Å². The van der Waals surface area contributed by atoms with Crippen LogP contribution >= 0.6 is 0 Å². The van der Waals surface area contributed by atoms with E-state index in [9.17, 15) is 14.7 Å². The minimum absolute atomic E-state index is 0.0192. The average molecular weight is 497 g/mol. The zero-order chi connectivity index (χ0) is 26.1. The number of carbonyl (C=O) groups is 2. The molecule has 0 saturated carbocycles. The van der Waals surface area contributed by atoms with Crippen LogP contribution in [0.1, 0.15) is 37.4 Å². The molecule has 1 unspecified atom stereocenters. The Balaban J connectivity index is 1.67. The first kappa shape index (κ1) is 25.8. The topological polar surface area (TPSA) is 82.1 Å². The van der Waals surface area contributed by atoms with Gasteiger partial charge < -0.3 is 19.3 Å². The average Bonchev–Trinajstić information content (AvgIpc) is 2.97. The normalized spacial score (nSPS) is 11.9. The van der Waals surface area contributed by atoms with Crippen molar-refractivity contribution in [3.63, 3.8) is 0 Å². The lowest BCUT2D eigenvalue weighted by Crippen LogP contribution is -2.37. The number of ether oxygens (including phenoxy) is 3. The van der Waals surface area contributed by atoms with Crippen molar-refractivity contribution in [2.24, 2.45) is 0 Å². The van der Waals surface area contributed by atoms with Gasteiger partial charge in [-0.3, -0.25) is 9.59 Å². The number of aliphatic hydroxyl groups is 1. The summed E-state index contributed by atoms with van der Waals surface area (Å²) in [5, 5.41) is 10.8. The fraction of sp³-hybridized carbons (Fsp3) is 0.161. The van der Waals surface area contributed by atoms with E-state index in [2.05, 4.69) is 0 Å². The summed E-state index contributed by atoms with van der Waals surface area (Å²) >= 11 is 0. The Morgan fingerprint density at radius 3 is 1.65 bits per heavy atom. The fourth-order valence-electron chi connectivity index (χ4n) is 4.15. The van der Waals surface area contributed by atoms with Crippen LogP contribution in [-0.4, -0.2) is 44.1 Å². The van der Waals surface area contributed by atoms with Crippen LogP contribution in [0, 0.1) is 0 Å². The first-order chi connectivity index (χ1) is 18.1. The lowest BCUT2D eigenvalue weighted by atomic mass is 9.79. The van der Waals surface area contributed by atoms with Gasteiger partial charge in [-0.15, -0.1) is 0 Å². The third kappa shape index (κ3) is 5.94.